The summed E-state index contributed by atoms with van der Waals surface area (Å²) in [4.78, 5) is 34.3. The van der Waals surface area contributed by atoms with Gasteiger partial charge in [-0.1, -0.05) is 0 Å². The van der Waals surface area contributed by atoms with E-state index in [0.29, 0.717) is 11.3 Å². The first kappa shape index (κ1) is 17.4. The maximum absolute atomic E-state index is 12.3. The van der Waals surface area contributed by atoms with Gasteiger partial charge in [0.25, 0.3) is 5.69 Å². The zero-order valence-electron chi connectivity index (χ0n) is 13.2. The Hall–Kier alpha value is -2.94. The Kier molecular flexibility index (Phi) is 5.48. The number of nitrogens with one attached hydrogen (secondary N) is 2. The number of nitro groups is 1. The van der Waals surface area contributed by atoms with Crippen molar-refractivity contribution in [3.8, 4) is 0 Å². The second-order valence-corrected chi connectivity index (χ2v) is 5.05. The molecule has 2 rings (SSSR count). The maximum atomic E-state index is 12.3. The Morgan fingerprint density at radius 2 is 1.96 bits per heavy atom. The fourth-order valence-electron chi connectivity index (χ4n) is 2.30. The van der Waals surface area contributed by atoms with Gasteiger partial charge in [0, 0.05) is 24.9 Å². The highest BCUT2D eigenvalue weighted by Gasteiger charge is 2.32. The van der Waals surface area contributed by atoms with Gasteiger partial charge in [-0.25, -0.2) is 9.59 Å². The number of nitrogens with zero attached hydrogens (tertiary/aromatic N) is 1. The molecule has 0 spiro atoms. The van der Waals surface area contributed by atoms with Crippen molar-refractivity contribution in [2.24, 2.45) is 0 Å². The third kappa shape index (κ3) is 3.87. The molecular weight excluding hydrogens is 318 g/mol. The highest BCUT2D eigenvalue weighted by molar-refractivity contribution is 5.95. The Bertz CT molecular complexity index is 683. The van der Waals surface area contributed by atoms with Crippen LogP contribution in [0.4, 0.5) is 10.5 Å². The average molecular weight is 335 g/mol. The summed E-state index contributed by atoms with van der Waals surface area (Å²) in [7, 11) is 1.49. The number of benzene rings is 1. The van der Waals surface area contributed by atoms with E-state index < -0.39 is 23.0 Å². The monoisotopic (exact) mass is 335 g/mol. The standard InChI is InChI=1S/C15H17N3O6/c1-9-12(14(19)24-8-7-23-2)13(17-15(20)16-9)10-3-5-11(6-4-10)18(21)22/h3-6,13H,7-8H2,1-2H3,(H2,16,17,20)/t13-/m0/s1. The summed E-state index contributed by atoms with van der Waals surface area (Å²) in [6, 6.07) is 4.38. The summed E-state index contributed by atoms with van der Waals surface area (Å²) in [5.74, 6) is -0.597. The topological polar surface area (TPSA) is 120 Å². The number of allylic oxidation sites excluding steroid dienone is 1. The number of esters is 1. The Morgan fingerprint density at radius 3 is 2.54 bits per heavy atom. The van der Waals surface area contributed by atoms with Crippen molar-refractivity contribution >= 4 is 17.7 Å². The zero-order valence-corrected chi connectivity index (χ0v) is 13.2. The summed E-state index contributed by atoms with van der Waals surface area (Å²) < 4.78 is 9.95. The molecule has 2 N–H and O–H groups in total. The van der Waals surface area contributed by atoms with Crippen LogP contribution in [0.25, 0.3) is 0 Å². The predicted octanol–water partition coefficient (Wildman–Crippen LogP) is 1.41. The van der Waals surface area contributed by atoms with Gasteiger partial charge in [-0.05, 0) is 24.6 Å². The molecule has 0 fully saturated rings. The number of rotatable bonds is 6. The number of non-ortho nitro benzene ring substituents is 1. The van der Waals surface area contributed by atoms with Gasteiger partial charge in [0.1, 0.15) is 6.61 Å². The van der Waals surface area contributed by atoms with E-state index in [9.17, 15) is 19.7 Å². The normalized spacial score (nSPS) is 17.1. The SMILES string of the molecule is COCCOC(=O)C1=C(C)NC(=O)N[C@H]1c1ccc([N+](=O)[O-])cc1. The predicted molar refractivity (Wildman–Crippen MR) is 83.0 cm³/mol. The molecule has 1 atom stereocenters. The molecule has 1 heterocycles. The number of nitro benzene ring substituents is 1. The van der Waals surface area contributed by atoms with E-state index >= 15 is 0 Å². The van der Waals surface area contributed by atoms with Crippen molar-refractivity contribution in [1.82, 2.24) is 10.6 Å². The number of hydrogen-bond donors (Lipinski definition) is 2. The van der Waals surface area contributed by atoms with E-state index in [1.165, 1.54) is 31.4 Å². The van der Waals surface area contributed by atoms with E-state index in [2.05, 4.69) is 10.6 Å². The van der Waals surface area contributed by atoms with Gasteiger partial charge in [-0.3, -0.25) is 10.1 Å². The molecule has 0 aromatic heterocycles. The highest BCUT2D eigenvalue weighted by atomic mass is 16.6. The van der Waals surface area contributed by atoms with Crippen LogP contribution in [0, 0.1) is 10.1 Å². The van der Waals surface area contributed by atoms with Gasteiger partial charge in [-0.15, -0.1) is 0 Å². The molecule has 0 aliphatic carbocycles. The molecule has 9 nitrogen and oxygen atoms in total. The van der Waals surface area contributed by atoms with Crippen LogP contribution in [-0.4, -0.2) is 37.2 Å². The molecule has 1 aromatic rings. The molecule has 2 amide bonds. The van der Waals surface area contributed by atoms with E-state index in [4.69, 9.17) is 9.47 Å². The van der Waals surface area contributed by atoms with Crippen LogP contribution in [0.5, 0.6) is 0 Å². The Balaban J connectivity index is 2.30. The lowest BCUT2D eigenvalue weighted by Crippen LogP contribution is -2.45. The van der Waals surface area contributed by atoms with Crippen LogP contribution in [-0.2, 0) is 14.3 Å². The molecule has 0 saturated carbocycles. The largest absolute Gasteiger partial charge is 0.460 e. The van der Waals surface area contributed by atoms with Gasteiger partial charge >= 0.3 is 12.0 Å². The van der Waals surface area contributed by atoms with Gasteiger partial charge in [-0.2, -0.15) is 0 Å². The molecule has 0 unspecified atom stereocenters. The Morgan fingerprint density at radius 1 is 1.29 bits per heavy atom. The minimum absolute atomic E-state index is 0.0764. The number of ether oxygens (including phenoxy) is 2. The van der Waals surface area contributed by atoms with Gasteiger partial charge in [0.15, 0.2) is 0 Å². The summed E-state index contributed by atoms with van der Waals surface area (Å²) in [6.45, 7) is 1.91. The lowest BCUT2D eigenvalue weighted by atomic mass is 9.95. The van der Waals surface area contributed by atoms with Crippen LogP contribution in [0.15, 0.2) is 35.5 Å². The smallest absolute Gasteiger partial charge is 0.338 e. The molecule has 1 aliphatic heterocycles. The van der Waals surface area contributed by atoms with E-state index in [0.717, 1.165) is 0 Å². The van der Waals surface area contributed by atoms with Crippen molar-refractivity contribution in [1.29, 1.82) is 0 Å². The first-order valence-electron chi connectivity index (χ1n) is 7.12. The molecule has 128 valence electrons. The number of methoxy groups -OCH3 is 1. The van der Waals surface area contributed by atoms with Crippen LogP contribution >= 0.6 is 0 Å². The Labute approximate surface area is 137 Å². The maximum Gasteiger partial charge on any atom is 0.338 e. The molecule has 1 aliphatic rings. The fourth-order valence-corrected chi connectivity index (χ4v) is 2.30. The van der Waals surface area contributed by atoms with Gasteiger partial charge < -0.3 is 20.1 Å². The lowest BCUT2D eigenvalue weighted by Gasteiger charge is -2.28. The van der Waals surface area contributed by atoms with Crippen molar-refractivity contribution in [3.63, 3.8) is 0 Å². The van der Waals surface area contributed by atoms with E-state index in [-0.39, 0.29) is 24.5 Å². The minimum Gasteiger partial charge on any atom is -0.460 e. The van der Waals surface area contributed by atoms with Crippen molar-refractivity contribution in [3.05, 3.63) is 51.2 Å². The lowest BCUT2D eigenvalue weighted by molar-refractivity contribution is -0.384. The van der Waals surface area contributed by atoms with Crippen LogP contribution < -0.4 is 10.6 Å². The van der Waals surface area contributed by atoms with E-state index in [1.807, 2.05) is 0 Å². The van der Waals surface area contributed by atoms with Crippen LogP contribution in [0.1, 0.15) is 18.5 Å². The molecule has 0 saturated heterocycles. The van der Waals surface area contributed by atoms with Crippen LogP contribution in [0.3, 0.4) is 0 Å². The van der Waals surface area contributed by atoms with Gasteiger partial charge in [0.2, 0.25) is 0 Å². The third-order valence-corrected chi connectivity index (χ3v) is 3.45. The second-order valence-electron chi connectivity index (χ2n) is 5.05. The quantitative estimate of drug-likeness (QED) is 0.351. The average Bonchev–Trinajstić information content (AvgIpc) is 2.54. The summed E-state index contributed by atoms with van der Waals surface area (Å²) in [5.41, 5.74) is 1.06. The minimum atomic E-state index is -0.755. The number of carbonyl (C=O) groups excluding carboxylic acids is 2. The molecular formula is C15H17N3O6. The number of amides is 2. The summed E-state index contributed by atoms with van der Waals surface area (Å²) in [5, 5.41) is 15.9. The first-order chi connectivity index (χ1) is 11.4. The van der Waals surface area contributed by atoms with E-state index in [1.54, 1.807) is 6.92 Å². The highest BCUT2D eigenvalue weighted by Crippen LogP contribution is 2.28. The van der Waals surface area contributed by atoms with Crippen molar-refractivity contribution in [2.45, 2.75) is 13.0 Å². The van der Waals surface area contributed by atoms with Gasteiger partial charge in [0.05, 0.1) is 23.1 Å². The van der Waals surface area contributed by atoms with Crippen LogP contribution in [0.2, 0.25) is 0 Å². The molecule has 1 aromatic carbocycles. The summed E-state index contributed by atoms with van der Waals surface area (Å²) in [6.07, 6.45) is 0. The van der Waals surface area contributed by atoms with Crippen molar-refractivity contribution < 1.29 is 24.0 Å². The molecule has 0 radical (unpaired) electrons. The van der Waals surface area contributed by atoms with Crippen molar-refractivity contribution in [2.75, 3.05) is 20.3 Å². The summed E-state index contributed by atoms with van der Waals surface area (Å²) >= 11 is 0. The zero-order chi connectivity index (χ0) is 17.7. The number of hydrogen-bond acceptors (Lipinski definition) is 6. The molecule has 24 heavy (non-hydrogen) atoms. The third-order valence-electron chi connectivity index (χ3n) is 3.45. The molecule has 0 bridgehead atoms. The fraction of sp³-hybridized carbons (Fsp3) is 0.333. The number of carbonyl (C=O) groups is 2. The second kappa shape index (κ2) is 7.55. The first-order valence-corrected chi connectivity index (χ1v) is 7.12. The molecule has 9 heteroatoms. The number of urea groups is 1.